The molecule has 2 aromatic carbocycles. The fourth-order valence-corrected chi connectivity index (χ4v) is 2.36. The van der Waals surface area contributed by atoms with E-state index in [1.807, 2.05) is 0 Å². The number of esters is 1. The monoisotopic (exact) mass is 397 g/mol. The van der Waals surface area contributed by atoms with E-state index >= 15 is 0 Å². The molecule has 0 aliphatic rings. The Hall–Kier alpha value is -3.68. The molecule has 0 unspecified atom stereocenters. The van der Waals surface area contributed by atoms with E-state index in [9.17, 15) is 19.2 Å². The number of carbonyl (C=O) groups is 4. The summed E-state index contributed by atoms with van der Waals surface area (Å²) in [6.07, 6.45) is 0. The van der Waals surface area contributed by atoms with Gasteiger partial charge in [-0.3, -0.25) is 14.4 Å². The minimum atomic E-state index is -1.38. The van der Waals surface area contributed by atoms with Gasteiger partial charge in [0.15, 0.2) is 0 Å². The molecular weight excluding hydrogens is 374 g/mol. The highest BCUT2D eigenvalue weighted by Gasteiger charge is 2.36. The Morgan fingerprint density at radius 2 is 1.31 bits per heavy atom. The number of ether oxygens (including phenoxy) is 1. The first-order chi connectivity index (χ1) is 13.6. The Morgan fingerprint density at radius 1 is 0.793 bits per heavy atom. The van der Waals surface area contributed by atoms with Crippen LogP contribution in [0.15, 0.2) is 48.5 Å². The highest BCUT2D eigenvalue weighted by Crippen LogP contribution is 2.23. The van der Waals surface area contributed by atoms with Crippen molar-refractivity contribution in [3.8, 4) is 0 Å². The summed E-state index contributed by atoms with van der Waals surface area (Å²) in [5.41, 5.74) is 0.385. The predicted molar refractivity (Wildman–Crippen MR) is 110 cm³/mol. The van der Waals surface area contributed by atoms with Gasteiger partial charge in [0.1, 0.15) is 5.41 Å². The molecule has 8 heteroatoms. The minimum absolute atomic E-state index is 0.230. The largest absolute Gasteiger partial charge is 0.465 e. The lowest BCUT2D eigenvalue weighted by atomic mass is 9.90. The van der Waals surface area contributed by atoms with Crippen molar-refractivity contribution in [2.75, 3.05) is 23.1 Å². The van der Waals surface area contributed by atoms with Gasteiger partial charge in [-0.05, 0) is 56.3 Å². The summed E-state index contributed by atoms with van der Waals surface area (Å²) in [7, 11) is 1.28. The molecule has 0 aromatic heterocycles. The Bertz CT molecular complexity index is 936. The first-order valence-electron chi connectivity index (χ1n) is 8.82. The second-order valence-electron chi connectivity index (χ2n) is 6.86. The third-order valence-corrected chi connectivity index (χ3v) is 4.14. The van der Waals surface area contributed by atoms with Crippen LogP contribution >= 0.6 is 0 Å². The molecule has 0 saturated carbocycles. The third-order valence-electron chi connectivity index (χ3n) is 4.14. The topological polar surface area (TPSA) is 114 Å². The third kappa shape index (κ3) is 5.65. The maximum atomic E-state index is 12.7. The van der Waals surface area contributed by atoms with Gasteiger partial charge >= 0.3 is 5.97 Å². The first kappa shape index (κ1) is 21.6. The molecule has 0 atom stereocenters. The number of anilines is 3. The Labute approximate surface area is 168 Å². The second-order valence-corrected chi connectivity index (χ2v) is 6.86. The smallest absolute Gasteiger partial charge is 0.337 e. The molecule has 2 aromatic rings. The van der Waals surface area contributed by atoms with Gasteiger partial charge in [-0.15, -0.1) is 0 Å². The standard InChI is InChI=1S/C21H23N3O5/c1-13(25)22-16-6-5-7-17(12-16)24-20(28)21(2,3)19(27)23-15-10-8-14(9-11-15)18(26)29-4/h5-12H,1-4H3,(H,22,25)(H,23,27)(H,24,28). The van der Waals surface area contributed by atoms with Crippen LogP contribution in [0.5, 0.6) is 0 Å². The summed E-state index contributed by atoms with van der Waals surface area (Å²) in [5.74, 6) is -1.74. The van der Waals surface area contributed by atoms with Crippen LogP contribution in [0.4, 0.5) is 17.1 Å². The quantitative estimate of drug-likeness (QED) is 0.512. The Morgan fingerprint density at radius 3 is 1.83 bits per heavy atom. The fourth-order valence-electron chi connectivity index (χ4n) is 2.36. The van der Waals surface area contributed by atoms with Crippen molar-refractivity contribution < 1.29 is 23.9 Å². The van der Waals surface area contributed by atoms with E-state index in [-0.39, 0.29) is 5.91 Å². The van der Waals surface area contributed by atoms with E-state index in [0.29, 0.717) is 22.6 Å². The lowest BCUT2D eigenvalue weighted by Crippen LogP contribution is -2.41. The molecule has 2 rings (SSSR count). The summed E-state index contributed by atoms with van der Waals surface area (Å²) in [6.45, 7) is 4.38. The number of amides is 3. The molecule has 0 saturated heterocycles. The van der Waals surface area contributed by atoms with Crippen LogP contribution in [0.25, 0.3) is 0 Å². The summed E-state index contributed by atoms with van der Waals surface area (Å²) in [6, 6.07) is 12.7. The van der Waals surface area contributed by atoms with Gasteiger partial charge in [0.25, 0.3) is 0 Å². The van der Waals surface area contributed by atoms with Crippen molar-refractivity contribution in [3.63, 3.8) is 0 Å². The first-order valence-corrected chi connectivity index (χ1v) is 8.82. The second kappa shape index (κ2) is 9.01. The minimum Gasteiger partial charge on any atom is -0.465 e. The molecule has 3 amide bonds. The van der Waals surface area contributed by atoms with Crippen molar-refractivity contribution in [1.82, 2.24) is 0 Å². The van der Waals surface area contributed by atoms with E-state index in [4.69, 9.17) is 0 Å². The summed E-state index contributed by atoms with van der Waals surface area (Å²) in [5, 5.41) is 7.97. The van der Waals surface area contributed by atoms with E-state index in [1.54, 1.807) is 36.4 Å². The number of benzene rings is 2. The van der Waals surface area contributed by atoms with E-state index < -0.39 is 23.2 Å². The van der Waals surface area contributed by atoms with Crippen LogP contribution in [0.3, 0.4) is 0 Å². The molecule has 0 spiro atoms. The number of hydrogen-bond acceptors (Lipinski definition) is 5. The lowest BCUT2D eigenvalue weighted by molar-refractivity contribution is -0.135. The number of nitrogens with one attached hydrogen (secondary N) is 3. The van der Waals surface area contributed by atoms with Crippen LogP contribution in [0.1, 0.15) is 31.1 Å². The molecule has 29 heavy (non-hydrogen) atoms. The molecule has 0 heterocycles. The molecule has 0 radical (unpaired) electrons. The predicted octanol–water partition coefficient (Wildman–Crippen LogP) is 3.04. The van der Waals surface area contributed by atoms with Gasteiger partial charge in [-0.25, -0.2) is 4.79 Å². The highest BCUT2D eigenvalue weighted by atomic mass is 16.5. The number of methoxy groups -OCH3 is 1. The zero-order valence-corrected chi connectivity index (χ0v) is 16.7. The van der Waals surface area contributed by atoms with E-state index in [0.717, 1.165) is 0 Å². The van der Waals surface area contributed by atoms with Gasteiger partial charge < -0.3 is 20.7 Å². The molecule has 0 aliphatic carbocycles. The van der Waals surface area contributed by atoms with Gasteiger partial charge in [-0.1, -0.05) is 6.07 Å². The average molecular weight is 397 g/mol. The Kier molecular flexibility index (Phi) is 6.71. The zero-order valence-electron chi connectivity index (χ0n) is 16.7. The van der Waals surface area contributed by atoms with Crippen LogP contribution in [-0.2, 0) is 19.1 Å². The maximum Gasteiger partial charge on any atom is 0.337 e. The lowest BCUT2D eigenvalue weighted by Gasteiger charge is -2.23. The van der Waals surface area contributed by atoms with Crippen molar-refractivity contribution in [3.05, 3.63) is 54.1 Å². The average Bonchev–Trinajstić information content (AvgIpc) is 2.67. The number of rotatable bonds is 6. The van der Waals surface area contributed by atoms with Crippen molar-refractivity contribution in [2.24, 2.45) is 5.41 Å². The SMILES string of the molecule is COC(=O)c1ccc(NC(=O)C(C)(C)C(=O)Nc2cccc(NC(C)=O)c2)cc1. The van der Waals surface area contributed by atoms with Crippen molar-refractivity contribution in [1.29, 1.82) is 0 Å². The van der Waals surface area contributed by atoms with Gasteiger partial charge in [0.05, 0.1) is 12.7 Å². The molecule has 0 bridgehead atoms. The van der Waals surface area contributed by atoms with Crippen LogP contribution in [-0.4, -0.2) is 30.8 Å². The zero-order chi connectivity index (χ0) is 21.6. The Balaban J connectivity index is 2.06. The molecular formula is C21H23N3O5. The van der Waals surface area contributed by atoms with Gasteiger partial charge in [-0.2, -0.15) is 0 Å². The fraction of sp³-hybridized carbons (Fsp3) is 0.238. The summed E-state index contributed by atoms with van der Waals surface area (Å²) < 4.78 is 4.63. The summed E-state index contributed by atoms with van der Waals surface area (Å²) >= 11 is 0. The van der Waals surface area contributed by atoms with Crippen molar-refractivity contribution >= 4 is 40.8 Å². The van der Waals surface area contributed by atoms with Crippen LogP contribution in [0, 0.1) is 5.41 Å². The van der Waals surface area contributed by atoms with Crippen molar-refractivity contribution in [2.45, 2.75) is 20.8 Å². The molecule has 8 nitrogen and oxygen atoms in total. The maximum absolute atomic E-state index is 12.7. The molecule has 0 aliphatic heterocycles. The number of hydrogen-bond donors (Lipinski definition) is 3. The van der Waals surface area contributed by atoms with Gasteiger partial charge in [0.2, 0.25) is 17.7 Å². The van der Waals surface area contributed by atoms with E-state index in [1.165, 1.54) is 40.0 Å². The highest BCUT2D eigenvalue weighted by molar-refractivity contribution is 6.14. The molecule has 152 valence electrons. The molecule has 3 N–H and O–H groups in total. The summed E-state index contributed by atoms with van der Waals surface area (Å²) in [4.78, 5) is 47.9. The van der Waals surface area contributed by atoms with E-state index in [2.05, 4.69) is 20.7 Å². The van der Waals surface area contributed by atoms with Crippen LogP contribution < -0.4 is 16.0 Å². The van der Waals surface area contributed by atoms with Gasteiger partial charge in [0, 0.05) is 24.0 Å². The van der Waals surface area contributed by atoms with Crippen LogP contribution in [0.2, 0.25) is 0 Å². The molecule has 0 fully saturated rings. The normalized spacial score (nSPS) is 10.6. The number of carbonyl (C=O) groups excluding carboxylic acids is 4.